The third kappa shape index (κ3) is 4.56. The summed E-state index contributed by atoms with van der Waals surface area (Å²) < 4.78 is 1.92. The number of rotatable bonds is 5. The van der Waals surface area contributed by atoms with Gasteiger partial charge in [-0.3, -0.25) is 4.79 Å². The number of halogens is 2. The van der Waals surface area contributed by atoms with Crippen LogP contribution in [0.4, 0.5) is 0 Å². The lowest BCUT2D eigenvalue weighted by atomic mass is 10.2. The van der Waals surface area contributed by atoms with Gasteiger partial charge in [0.25, 0.3) is 5.91 Å². The summed E-state index contributed by atoms with van der Waals surface area (Å²) in [6, 6.07) is 5.79. The molecule has 0 bridgehead atoms. The molecular formula is C12H16BrIN2O. The highest BCUT2D eigenvalue weighted by Gasteiger charge is 2.14. The number of carbonyl (C=O) groups excluding carboxylic acids is 1. The highest BCUT2D eigenvalue weighted by atomic mass is 127. The molecule has 0 aliphatic carbocycles. The molecule has 3 nitrogen and oxygen atoms in total. The maximum Gasteiger partial charge on any atom is 0.254 e. The molecule has 17 heavy (non-hydrogen) atoms. The first-order valence-corrected chi connectivity index (χ1v) is 7.28. The Bertz CT molecular complexity index is 398. The van der Waals surface area contributed by atoms with Crippen LogP contribution in [0.5, 0.6) is 0 Å². The van der Waals surface area contributed by atoms with Crippen molar-refractivity contribution in [3.05, 3.63) is 31.8 Å². The minimum atomic E-state index is 0.0616. The molecule has 0 saturated carbocycles. The Morgan fingerprint density at radius 2 is 2.24 bits per heavy atom. The number of nitrogens with one attached hydrogen (secondary N) is 1. The second kappa shape index (κ2) is 7.33. The maximum absolute atomic E-state index is 12.2. The van der Waals surface area contributed by atoms with Crippen molar-refractivity contribution in [2.45, 2.75) is 6.42 Å². The molecule has 1 aromatic carbocycles. The monoisotopic (exact) mass is 410 g/mol. The number of amides is 1. The molecule has 94 valence electrons. The molecule has 0 atom stereocenters. The van der Waals surface area contributed by atoms with E-state index in [1.54, 1.807) is 4.90 Å². The fourth-order valence-electron chi connectivity index (χ4n) is 1.46. The van der Waals surface area contributed by atoms with Gasteiger partial charge >= 0.3 is 0 Å². The first kappa shape index (κ1) is 14.9. The highest BCUT2D eigenvalue weighted by Crippen LogP contribution is 2.20. The lowest BCUT2D eigenvalue weighted by Gasteiger charge is -2.18. The van der Waals surface area contributed by atoms with Gasteiger partial charge in [0.15, 0.2) is 0 Å². The molecule has 0 unspecified atom stereocenters. The van der Waals surface area contributed by atoms with E-state index in [1.165, 1.54) is 0 Å². The number of nitrogens with zero attached hydrogens (tertiary/aromatic N) is 1. The van der Waals surface area contributed by atoms with Crippen molar-refractivity contribution in [1.82, 2.24) is 10.2 Å². The van der Waals surface area contributed by atoms with Crippen LogP contribution in [0.3, 0.4) is 0 Å². The van der Waals surface area contributed by atoms with E-state index in [-0.39, 0.29) is 5.91 Å². The minimum absolute atomic E-state index is 0.0616. The van der Waals surface area contributed by atoms with Gasteiger partial charge in [-0.2, -0.15) is 0 Å². The van der Waals surface area contributed by atoms with Gasteiger partial charge in [-0.05, 0) is 76.7 Å². The van der Waals surface area contributed by atoms with E-state index >= 15 is 0 Å². The fraction of sp³-hybridized carbons (Fsp3) is 0.417. The van der Waals surface area contributed by atoms with Crippen LogP contribution in [0.25, 0.3) is 0 Å². The lowest BCUT2D eigenvalue weighted by Crippen LogP contribution is -2.29. The van der Waals surface area contributed by atoms with Crippen LogP contribution in [0.2, 0.25) is 0 Å². The van der Waals surface area contributed by atoms with Gasteiger partial charge in [-0.15, -0.1) is 0 Å². The van der Waals surface area contributed by atoms with Crippen molar-refractivity contribution in [2.24, 2.45) is 0 Å². The Hall–Kier alpha value is -0.140. The molecule has 1 aromatic rings. The van der Waals surface area contributed by atoms with Gasteiger partial charge in [0.2, 0.25) is 0 Å². The van der Waals surface area contributed by atoms with Crippen LogP contribution in [0, 0.1) is 3.57 Å². The molecule has 0 spiro atoms. The van der Waals surface area contributed by atoms with Crippen LogP contribution in [0.15, 0.2) is 22.7 Å². The third-order valence-corrected chi connectivity index (χ3v) is 3.79. The van der Waals surface area contributed by atoms with Gasteiger partial charge in [0, 0.05) is 21.6 Å². The zero-order valence-corrected chi connectivity index (χ0v) is 13.7. The van der Waals surface area contributed by atoms with Gasteiger partial charge in [0.05, 0.1) is 5.56 Å². The van der Waals surface area contributed by atoms with E-state index in [4.69, 9.17) is 0 Å². The topological polar surface area (TPSA) is 32.3 Å². The maximum atomic E-state index is 12.2. The molecule has 1 N–H and O–H groups in total. The normalized spacial score (nSPS) is 10.4. The van der Waals surface area contributed by atoms with Crippen molar-refractivity contribution in [3.63, 3.8) is 0 Å². The van der Waals surface area contributed by atoms with Gasteiger partial charge in [-0.25, -0.2) is 0 Å². The summed E-state index contributed by atoms with van der Waals surface area (Å²) in [5.41, 5.74) is 0.726. The summed E-state index contributed by atoms with van der Waals surface area (Å²) in [6.07, 6.45) is 0.959. The zero-order valence-electron chi connectivity index (χ0n) is 9.96. The smallest absolute Gasteiger partial charge is 0.254 e. The first-order chi connectivity index (χ1) is 8.06. The first-order valence-electron chi connectivity index (χ1n) is 5.41. The fourth-order valence-corrected chi connectivity index (χ4v) is 2.37. The molecule has 0 aromatic heterocycles. The number of carbonyl (C=O) groups is 1. The molecule has 0 aliphatic heterocycles. The molecule has 0 heterocycles. The summed E-state index contributed by atoms with van der Waals surface area (Å²) in [5.74, 6) is 0.0616. The quantitative estimate of drug-likeness (QED) is 0.597. The van der Waals surface area contributed by atoms with E-state index in [0.717, 1.165) is 33.1 Å². The summed E-state index contributed by atoms with van der Waals surface area (Å²) >= 11 is 5.63. The van der Waals surface area contributed by atoms with Crippen LogP contribution in [-0.4, -0.2) is 38.0 Å². The second-order valence-electron chi connectivity index (χ2n) is 3.81. The molecule has 1 rings (SSSR count). The van der Waals surface area contributed by atoms with Crippen molar-refractivity contribution in [2.75, 3.05) is 27.2 Å². The second-order valence-corrected chi connectivity index (χ2v) is 5.91. The van der Waals surface area contributed by atoms with Crippen LogP contribution < -0.4 is 5.32 Å². The Morgan fingerprint density at radius 1 is 1.53 bits per heavy atom. The molecule has 0 radical (unpaired) electrons. The van der Waals surface area contributed by atoms with Gasteiger partial charge in [0.1, 0.15) is 0 Å². The highest BCUT2D eigenvalue weighted by molar-refractivity contribution is 14.1. The standard InChI is InChI=1S/C12H16BrIN2O/c1-15-6-3-7-16(2)12(17)10-8-9(14)4-5-11(10)13/h4-5,8,15H,3,6-7H2,1-2H3. The minimum Gasteiger partial charge on any atom is -0.342 e. The molecule has 1 amide bonds. The number of hydrogen-bond donors (Lipinski definition) is 1. The molecule has 0 aliphatic rings. The predicted molar refractivity (Wildman–Crippen MR) is 82.4 cm³/mol. The van der Waals surface area contributed by atoms with Crippen molar-refractivity contribution in [3.8, 4) is 0 Å². The van der Waals surface area contributed by atoms with E-state index in [2.05, 4.69) is 43.8 Å². The van der Waals surface area contributed by atoms with Crippen LogP contribution in [0.1, 0.15) is 16.8 Å². The molecule has 0 fully saturated rings. The van der Waals surface area contributed by atoms with Crippen LogP contribution >= 0.6 is 38.5 Å². The molecule has 0 saturated heterocycles. The van der Waals surface area contributed by atoms with Crippen molar-refractivity contribution < 1.29 is 4.79 Å². The summed E-state index contributed by atoms with van der Waals surface area (Å²) in [4.78, 5) is 13.9. The Balaban J connectivity index is 2.71. The average molecular weight is 411 g/mol. The SMILES string of the molecule is CNCCCN(C)C(=O)c1cc(I)ccc1Br. The number of hydrogen-bond acceptors (Lipinski definition) is 2. The number of benzene rings is 1. The van der Waals surface area contributed by atoms with Crippen LogP contribution in [-0.2, 0) is 0 Å². The lowest BCUT2D eigenvalue weighted by molar-refractivity contribution is 0.0793. The van der Waals surface area contributed by atoms with E-state index in [9.17, 15) is 4.79 Å². The Kier molecular flexibility index (Phi) is 6.43. The third-order valence-electron chi connectivity index (χ3n) is 2.43. The van der Waals surface area contributed by atoms with E-state index in [0.29, 0.717) is 0 Å². The van der Waals surface area contributed by atoms with Gasteiger partial charge < -0.3 is 10.2 Å². The van der Waals surface area contributed by atoms with E-state index in [1.807, 2.05) is 32.3 Å². The summed E-state index contributed by atoms with van der Waals surface area (Å²) in [5, 5.41) is 3.07. The molecule has 5 heteroatoms. The summed E-state index contributed by atoms with van der Waals surface area (Å²) in [6.45, 7) is 1.68. The van der Waals surface area contributed by atoms with Gasteiger partial charge in [-0.1, -0.05) is 0 Å². The Morgan fingerprint density at radius 3 is 2.88 bits per heavy atom. The average Bonchev–Trinajstić information content (AvgIpc) is 2.31. The summed E-state index contributed by atoms with van der Waals surface area (Å²) in [7, 11) is 3.75. The zero-order chi connectivity index (χ0) is 12.8. The van der Waals surface area contributed by atoms with E-state index < -0.39 is 0 Å². The van der Waals surface area contributed by atoms with Crippen molar-refractivity contribution in [1.29, 1.82) is 0 Å². The predicted octanol–water partition coefficient (Wildman–Crippen LogP) is 2.74. The largest absolute Gasteiger partial charge is 0.342 e. The molecular weight excluding hydrogens is 395 g/mol. The van der Waals surface area contributed by atoms with Crippen molar-refractivity contribution >= 4 is 44.4 Å². The Labute approximate surface area is 124 Å².